The summed E-state index contributed by atoms with van der Waals surface area (Å²) < 4.78 is 1.64. The van der Waals surface area contributed by atoms with Crippen molar-refractivity contribution < 1.29 is 9.59 Å². The molecule has 2 heterocycles. The lowest BCUT2D eigenvalue weighted by molar-refractivity contribution is -0.128. The highest BCUT2D eigenvalue weighted by molar-refractivity contribution is 7.80. The van der Waals surface area contributed by atoms with E-state index in [4.69, 9.17) is 12.2 Å². The Hall–Kier alpha value is -2.80. The van der Waals surface area contributed by atoms with Crippen LogP contribution in [0.3, 0.4) is 0 Å². The van der Waals surface area contributed by atoms with Crippen molar-refractivity contribution in [3.05, 3.63) is 48.2 Å². The first-order chi connectivity index (χ1) is 11.0. The molecule has 0 atom stereocenters. The third-order valence-electron chi connectivity index (χ3n) is 3.56. The summed E-state index contributed by atoms with van der Waals surface area (Å²) >= 11 is 5.03. The second kappa shape index (κ2) is 5.77. The zero-order chi connectivity index (χ0) is 16.6. The maximum absolute atomic E-state index is 12.5. The molecule has 3 rings (SSSR count). The molecule has 0 unspecified atom stereocenters. The van der Waals surface area contributed by atoms with E-state index in [0.717, 1.165) is 10.9 Å². The second-order valence-electron chi connectivity index (χ2n) is 5.05. The fraction of sp³-hybridized carbons (Fsp3) is 0.125. The Labute approximate surface area is 138 Å². The molecule has 7 heteroatoms. The van der Waals surface area contributed by atoms with Crippen molar-refractivity contribution in [2.75, 3.05) is 6.54 Å². The number of benzene rings is 1. The van der Waals surface area contributed by atoms with Crippen LogP contribution in [0.15, 0.2) is 42.5 Å². The number of aryl methyl sites for hydroxylation is 1. The molecule has 2 aromatic rings. The lowest BCUT2D eigenvalue weighted by Gasteiger charge is -2.27. The number of amides is 2. The van der Waals surface area contributed by atoms with Gasteiger partial charge in [0.2, 0.25) is 0 Å². The molecule has 6 nitrogen and oxygen atoms in total. The number of rotatable bonds is 3. The smallest absolute Gasteiger partial charge is 0.266 e. The van der Waals surface area contributed by atoms with Gasteiger partial charge in [-0.1, -0.05) is 24.3 Å². The Bertz CT molecular complexity index is 881. The van der Waals surface area contributed by atoms with Crippen molar-refractivity contribution >= 4 is 46.1 Å². The minimum atomic E-state index is -0.509. The summed E-state index contributed by atoms with van der Waals surface area (Å²) in [6.07, 6.45) is 3.10. The molecule has 1 aliphatic heterocycles. The Kier molecular flexibility index (Phi) is 3.79. The number of carbonyl (C=O) groups excluding carboxylic acids is 2. The summed E-state index contributed by atoms with van der Waals surface area (Å²) in [6.45, 7) is 3.84. The number of nitrogens with one attached hydrogen (secondary N) is 1. The topological polar surface area (TPSA) is 67.2 Å². The van der Waals surface area contributed by atoms with Gasteiger partial charge in [0, 0.05) is 19.0 Å². The number of fused-ring (bicyclic) bond motifs is 1. The molecule has 1 aromatic carbocycles. The molecular formula is C16H14N4O2S. The van der Waals surface area contributed by atoms with E-state index in [1.807, 2.05) is 24.3 Å². The summed E-state index contributed by atoms with van der Waals surface area (Å²) in [5.41, 5.74) is 1.50. The van der Waals surface area contributed by atoms with Crippen molar-refractivity contribution in [3.63, 3.8) is 0 Å². The van der Waals surface area contributed by atoms with Gasteiger partial charge in [0.25, 0.3) is 11.8 Å². The lowest BCUT2D eigenvalue weighted by Crippen LogP contribution is -2.53. The summed E-state index contributed by atoms with van der Waals surface area (Å²) in [4.78, 5) is 26.0. The zero-order valence-electron chi connectivity index (χ0n) is 12.4. The molecule has 0 radical (unpaired) electrons. The molecule has 1 aliphatic rings. The zero-order valence-corrected chi connectivity index (χ0v) is 13.3. The van der Waals surface area contributed by atoms with Crippen LogP contribution >= 0.6 is 12.2 Å². The van der Waals surface area contributed by atoms with E-state index < -0.39 is 11.8 Å². The average molecular weight is 326 g/mol. The van der Waals surface area contributed by atoms with Crippen molar-refractivity contribution in [2.24, 2.45) is 7.05 Å². The van der Waals surface area contributed by atoms with Crippen LogP contribution in [0.5, 0.6) is 0 Å². The standard InChI is InChI=1S/C16H14N4O2S/c1-3-8-20-15(22)11(14(21)17-16(20)23)9-13-10-6-4-5-7-12(10)18-19(13)2/h3-7,9H,1,8H2,2H3,(H,17,21,23)/b11-9-. The van der Waals surface area contributed by atoms with Gasteiger partial charge in [0.1, 0.15) is 5.57 Å². The Morgan fingerprint density at radius 3 is 2.83 bits per heavy atom. The van der Waals surface area contributed by atoms with Gasteiger partial charge in [-0.15, -0.1) is 6.58 Å². The molecule has 0 aliphatic carbocycles. The summed E-state index contributed by atoms with van der Waals surface area (Å²) in [5.74, 6) is -0.950. The van der Waals surface area contributed by atoms with Crippen LogP contribution in [0.4, 0.5) is 0 Å². The third kappa shape index (κ3) is 2.55. The molecule has 0 spiro atoms. The van der Waals surface area contributed by atoms with Gasteiger partial charge < -0.3 is 0 Å². The Morgan fingerprint density at radius 1 is 1.35 bits per heavy atom. The normalized spacial score (nSPS) is 17.0. The largest absolute Gasteiger partial charge is 0.298 e. The van der Waals surface area contributed by atoms with Gasteiger partial charge in [-0.2, -0.15) is 5.10 Å². The summed E-state index contributed by atoms with van der Waals surface area (Å²) in [7, 11) is 1.77. The minimum Gasteiger partial charge on any atom is -0.298 e. The first-order valence-corrected chi connectivity index (χ1v) is 7.35. The molecule has 0 saturated carbocycles. The van der Waals surface area contributed by atoms with Crippen LogP contribution < -0.4 is 5.32 Å². The van der Waals surface area contributed by atoms with Crippen LogP contribution in [-0.4, -0.2) is 38.2 Å². The number of nitrogens with zero attached hydrogens (tertiary/aromatic N) is 3. The predicted octanol–water partition coefficient (Wildman–Crippen LogP) is 1.39. The number of aromatic nitrogens is 2. The molecular weight excluding hydrogens is 312 g/mol. The highest BCUT2D eigenvalue weighted by atomic mass is 32.1. The number of thiocarbonyl (C=S) groups is 1. The SMILES string of the molecule is C=CCN1C(=O)/C(=C\c2c3ccccc3nn2C)C(=O)NC1=S. The predicted molar refractivity (Wildman–Crippen MR) is 91.3 cm³/mol. The highest BCUT2D eigenvalue weighted by Gasteiger charge is 2.33. The van der Waals surface area contributed by atoms with E-state index in [0.29, 0.717) is 5.69 Å². The minimum absolute atomic E-state index is 0.0224. The molecule has 1 N–H and O–H groups in total. The van der Waals surface area contributed by atoms with Crippen LogP contribution in [0.1, 0.15) is 5.69 Å². The van der Waals surface area contributed by atoms with E-state index in [2.05, 4.69) is 17.0 Å². The van der Waals surface area contributed by atoms with Crippen molar-refractivity contribution in [1.29, 1.82) is 0 Å². The lowest BCUT2D eigenvalue weighted by atomic mass is 10.1. The third-order valence-corrected chi connectivity index (χ3v) is 3.89. The number of hydrogen-bond donors (Lipinski definition) is 1. The first kappa shape index (κ1) is 15.1. The van der Waals surface area contributed by atoms with Gasteiger partial charge in [-0.05, 0) is 24.4 Å². The molecule has 0 bridgehead atoms. The van der Waals surface area contributed by atoms with Gasteiger partial charge in [0.05, 0.1) is 11.2 Å². The van der Waals surface area contributed by atoms with Crippen LogP contribution in [0, 0.1) is 0 Å². The van der Waals surface area contributed by atoms with E-state index in [9.17, 15) is 9.59 Å². The number of hydrogen-bond acceptors (Lipinski definition) is 4. The van der Waals surface area contributed by atoms with Gasteiger partial charge in [0.15, 0.2) is 5.11 Å². The fourth-order valence-electron chi connectivity index (χ4n) is 2.46. The van der Waals surface area contributed by atoms with E-state index in [1.165, 1.54) is 4.90 Å². The van der Waals surface area contributed by atoms with Crippen molar-refractivity contribution in [2.45, 2.75) is 0 Å². The van der Waals surface area contributed by atoms with E-state index >= 15 is 0 Å². The molecule has 23 heavy (non-hydrogen) atoms. The highest BCUT2D eigenvalue weighted by Crippen LogP contribution is 2.21. The quantitative estimate of drug-likeness (QED) is 0.401. The molecule has 1 fully saturated rings. The fourth-order valence-corrected chi connectivity index (χ4v) is 2.71. The Balaban J connectivity index is 2.11. The van der Waals surface area contributed by atoms with Crippen molar-refractivity contribution in [1.82, 2.24) is 20.0 Å². The second-order valence-corrected chi connectivity index (χ2v) is 5.43. The average Bonchev–Trinajstić information content (AvgIpc) is 2.83. The maximum Gasteiger partial charge on any atom is 0.266 e. The summed E-state index contributed by atoms with van der Waals surface area (Å²) in [5, 5.41) is 7.86. The molecule has 116 valence electrons. The monoisotopic (exact) mass is 326 g/mol. The van der Waals surface area contributed by atoms with Gasteiger partial charge in [-0.25, -0.2) is 0 Å². The molecule has 1 aromatic heterocycles. The van der Waals surface area contributed by atoms with Gasteiger partial charge in [-0.3, -0.25) is 24.5 Å². The van der Waals surface area contributed by atoms with Crippen LogP contribution in [0.2, 0.25) is 0 Å². The van der Waals surface area contributed by atoms with E-state index in [-0.39, 0.29) is 17.2 Å². The Morgan fingerprint density at radius 2 is 2.09 bits per heavy atom. The van der Waals surface area contributed by atoms with E-state index in [1.54, 1.807) is 23.9 Å². The molecule has 1 saturated heterocycles. The molecule has 2 amide bonds. The maximum atomic E-state index is 12.5. The van der Waals surface area contributed by atoms with Gasteiger partial charge >= 0.3 is 0 Å². The number of carbonyl (C=O) groups is 2. The summed E-state index contributed by atoms with van der Waals surface area (Å²) in [6, 6.07) is 7.54. The van der Waals surface area contributed by atoms with Crippen molar-refractivity contribution in [3.8, 4) is 0 Å². The van der Waals surface area contributed by atoms with Crippen LogP contribution in [-0.2, 0) is 16.6 Å². The van der Waals surface area contributed by atoms with Crippen LogP contribution in [0.25, 0.3) is 17.0 Å². The first-order valence-electron chi connectivity index (χ1n) is 6.94.